The minimum Gasteiger partial charge on any atom is -0.311 e. The van der Waals surface area contributed by atoms with Crippen molar-refractivity contribution in [1.29, 1.82) is 5.26 Å². The Hall–Kier alpha value is -6.31. The van der Waals surface area contributed by atoms with E-state index in [9.17, 15) is 5.26 Å². The van der Waals surface area contributed by atoms with Crippen LogP contribution in [0.3, 0.4) is 0 Å². The van der Waals surface area contributed by atoms with Crippen LogP contribution in [0.1, 0.15) is 5.56 Å². The van der Waals surface area contributed by atoms with Gasteiger partial charge in [0.05, 0.1) is 11.3 Å². The molecule has 0 fully saturated rings. The molecule has 4 heteroatoms. The second-order valence-electron chi connectivity index (χ2n) is 12.1. The number of hydrogen-bond donors (Lipinski definition) is 0. The van der Waals surface area contributed by atoms with Gasteiger partial charge in [-0.2, -0.15) is 5.26 Å². The van der Waals surface area contributed by atoms with Gasteiger partial charge in [0.2, 0.25) is 0 Å². The van der Waals surface area contributed by atoms with Crippen molar-refractivity contribution < 1.29 is 0 Å². The van der Waals surface area contributed by atoms with E-state index < -0.39 is 0 Å². The summed E-state index contributed by atoms with van der Waals surface area (Å²) >= 11 is 0. The predicted octanol–water partition coefficient (Wildman–Crippen LogP) is 8.97. The molecule has 9 rings (SSSR count). The molecule has 0 bridgehead atoms. The average Bonchev–Trinajstić information content (AvgIpc) is 3.15. The molecule has 0 saturated heterocycles. The van der Waals surface area contributed by atoms with Gasteiger partial charge in [-0.15, -0.1) is 0 Å². The van der Waals surface area contributed by atoms with Crippen LogP contribution in [0.25, 0.3) is 22.3 Å². The molecule has 0 amide bonds. The van der Waals surface area contributed by atoms with E-state index in [-0.39, 0.29) is 6.71 Å². The molecule has 0 spiro atoms. The maximum atomic E-state index is 10.6. The molecule has 7 aromatic rings. The zero-order valence-electron chi connectivity index (χ0n) is 25.6. The van der Waals surface area contributed by atoms with E-state index in [1.165, 1.54) is 33.2 Å². The molecule has 0 N–H and O–H groups in total. The van der Waals surface area contributed by atoms with Crippen LogP contribution in [0.4, 0.5) is 34.1 Å². The Kier molecular flexibility index (Phi) is 6.30. The Morgan fingerprint density at radius 3 is 1.38 bits per heavy atom. The number of nitriles is 1. The van der Waals surface area contributed by atoms with Gasteiger partial charge in [0, 0.05) is 28.4 Å². The molecule has 7 aromatic carbocycles. The molecule has 3 nitrogen and oxygen atoms in total. The zero-order valence-corrected chi connectivity index (χ0v) is 25.6. The Bertz CT molecular complexity index is 2260. The van der Waals surface area contributed by atoms with Crippen LogP contribution in [-0.2, 0) is 0 Å². The lowest BCUT2D eigenvalue weighted by atomic mass is 9.33. The summed E-state index contributed by atoms with van der Waals surface area (Å²) in [5, 5.41) is 10.6. The number of hydrogen-bond acceptors (Lipinski definition) is 3. The summed E-state index contributed by atoms with van der Waals surface area (Å²) in [5.41, 5.74) is 15.3. The number of benzene rings is 7. The number of nitrogens with zero attached hydrogens (tertiary/aromatic N) is 3. The van der Waals surface area contributed by atoms with Crippen molar-refractivity contribution in [3.05, 3.63) is 175 Å². The number of fused-ring (bicyclic) bond motifs is 4. The summed E-state index contributed by atoms with van der Waals surface area (Å²) in [6.07, 6.45) is 0. The van der Waals surface area contributed by atoms with Gasteiger partial charge in [-0.25, -0.2) is 0 Å². The maximum Gasteiger partial charge on any atom is 0.252 e. The van der Waals surface area contributed by atoms with Gasteiger partial charge >= 0.3 is 0 Å². The fourth-order valence-corrected chi connectivity index (χ4v) is 7.44. The second kappa shape index (κ2) is 10.9. The highest BCUT2D eigenvalue weighted by Crippen LogP contribution is 2.45. The highest BCUT2D eigenvalue weighted by Gasteiger charge is 2.44. The molecule has 2 heterocycles. The first-order chi connectivity index (χ1) is 23.3. The quantitative estimate of drug-likeness (QED) is 0.190. The SMILES string of the molecule is N#Cc1ccc2c3c1N(c1ccccc1)c1ccc(-c4ccccc4)cc1B3c1cc(-c3ccccc3)ccc1N2c1ccccc1. The minimum absolute atomic E-state index is 0.0921. The fraction of sp³-hybridized carbons (Fsp3) is 0. The molecule has 0 radical (unpaired) electrons. The van der Waals surface area contributed by atoms with Gasteiger partial charge in [-0.3, -0.25) is 0 Å². The Balaban J connectivity index is 1.41. The van der Waals surface area contributed by atoms with Gasteiger partial charge in [-0.05, 0) is 87.2 Å². The second-order valence-corrected chi connectivity index (χ2v) is 12.1. The summed E-state index contributed by atoms with van der Waals surface area (Å²) < 4.78 is 0. The van der Waals surface area contributed by atoms with E-state index in [2.05, 4.69) is 174 Å². The number of para-hydroxylation sites is 2. The van der Waals surface area contributed by atoms with Gasteiger partial charge in [0.25, 0.3) is 6.71 Å². The van der Waals surface area contributed by atoms with Crippen LogP contribution >= 0.6 is 0 Å². The van der Waals surface area contributed by atoms with Crippen molar-refractivity contribution >= 4 is 57.2 Å². The van der Waals surface area contributed by atoms with Crippen molar-refractivity contribution in [1.82, 2.24) is 0 Å². The molecule has 218 valence electrons. The first kappa shape index (κ1) is 27.0. The van der Waals surface area contributed by atoms with E-state index >= 15 is 0 Å². The maximum absolute atomic E-state index is 10.6. The lowest BCUT2D eigenvalue weighted by Crippen LogP contribution is -2.61. The lowest BCUT2D eigenvalue weighted by molar-refractivity contribution is 1.24. The summed E-state index contributed by atoms with van der Waals surface area (Å²) in [7, 11) is 0. The van der Waals surface area contributed by atoms with Crippen LogP contribution in [0.5, 0.6) is 0 Å². The van der Waals surface area contributed by atoms with Crippen LogP contribution in [0.15, 0.2) is 170 Å². The van der Waals surface area contributed by atoms with Crippen LogP contribution < -0.4 is 26.2 Å². The Morgan fingerprint density at radius 2 is 0.872 bits per heavy atom. The third-order valence-electron chi connectivity index (χ3n) is 9.47. The van der Waals surface area contributed by atoms with Crippen LogP contribution in [-0.4, -0.2) is 6.71 Å². The van der Waals surface area contributed by atoms with Crippen LogP contribution in [0, 0.1) is 11.3 Å². The summed E-state index contributed by atoms with van der Waals surface area (Å²) in [4.78, 5) is 4.67. The normalized spacial score (nSPS) is 12.5. The number of anilines is 6. The van der Waals surface area contributed by atoms with Gasteiger partial charge in [-0.1, -0.05) is 121 Å². The zero-order chi connectivity index (χ0) is 31.3. The van der Waals surface area contributed by atoms with Crippen molar-refractivity contribution in [3.8, 4) is 28.3 Å². The molecule has 0 atom stereocenters. The van der Waals surface area contributed by atoms with Gasteiger partial charge in [0.1, 0.15) is 6.07 Å². The minimum atomic E-state index is -0.0921. The number of rotatable bonds is 4. The van der Waals surface area contributed by atoms with E-state index in [0.29, 0.717) is 5.56 Å². The fourth-order valence-electron chi connectivity index (χ4n) is 7.44. The summed E-state index contributed by atoms with van der Waals surface area (Å²) in [5.74, 6) is 0. The molecule has 0 aliphatic carbocycles. The average molecular weight is 598 g/mol. The van der Waals surface area contributed by atoms with Gasteiger partial charge in [0.15, 0.2) is 0 Å². The van der Waals surface area contributed by atoms with E-state index in [0.717, 1.165) is 39.6 Å². The van der Waals surface area contributed by atoms with E-state index in [1.807, 2.05) is 12.1 Å². The molecule has 0 unspecified atom stereocenters. The van der Waals surface area contributed by atoms with E-state index in [4.69, 9.17) is 0 Å². The first-order valence-corrected chi connectivity index (χ1v) is 16.0. The molecule has 47 heavy (non-hydrogen) atoms. The lowest BCUT2D eigenvalue weighted by Gasteiger charge is -2.44. The van der Waals surface area contributed by atoms with Crippen molar-refractivity contribution in [2.75, 3.05) is 9.80 Å². The van der Waals surface area contributed by atoms with E-state index in [1.54, 1.807) is 0 Å². The smallest absolute Gasteiger partial charge is 0.252 e. The molecule has 0 saturated carbocycles. The largest absolute Gasteiger partial charge is 0.311 e. The van der Waals surface area contributed by atoms with Gasteiger partial charge < -0.3 is 9.80 Å². The standard InChI is InChI=1S/C43H28BN3/c45-29-34-23-26-41-42-43(34)47(36-19-11-4-12-20-36)40-25-22-33(31-15-7-2-8-16-31)28-38(40)44(42)37-27-32(30-13-5-1-6-14-30)21-24-39(37)46(41)35-17-9-3-10-18-35/h1-28H. The first-order valence-electron chi connectivity index (χ1n) is 16.0. The van der Waals surface area contributed by atoms with Crippen molar-refractivity contribution in [2.45, 2.75) is 0 Å². The highest BCUT2D eigenvalue weighted by atomic mass is 15.2. The van der Waals surface area contributed by atoms with Crippen LogP contribution in [0.2, 0.25) is 0 Å². The van der Waals surface area contributed by atoms with Crippen molar-refractivity contribution in [3.63, 3.8) is 0 Å². The molecular weight excluding hydrogens is 569 g/mol. The Morgan fingerprint density at radius 1 is 0.426 bits per heavy atom. The molecule has 2 aliphatic rings. The summed E-state index contributed by atoms with van der Waals surface area (Å²) in [6.45, 7) is -0.0921. The molecule has 2 aliphatic heterocycles. The molecular formula is C43H28BN3. The third kappa shape index (κ3) is 4.29. The Labute approximate surface area is 275 Å². The topological polar surface area (TPSA) is 30.3 Å². The third-order valence-corrected chi connectivity index (χ3v) is 9.47. The summed E-state index contributed by atoms with van der Waals surface area (Å²) in [6, 6.07) is 62.6. The highest BCUT2D eigenvalue weighted by molar-refractivity contribution is 7.00. The van der Waals surface area contributed by atoms with Crippen molar-refractivity contribution in [2.24, 2.45) is 0 Å². The predicted molar refractivity (Wildman–Crippen MR) is 196 cm³/mol. The monoisotopic (exact) mass is 597 g/mol. The molecule has 0 aromatic heterocycles.